The van der Waals surface area contributed by atoms with Crippen molar-refractivity contribution in [2.75, 3.05) is 41.0 Å². The van der Waals surface area contributed by atoms with Crippen molar-refractivity contribution in [3.8, 4) is 11.5 Å². The zero-order chi connectivity index (χ0) is 22.9. The average Bonchev–Trinajstić information content (AvgIpc) is 3.41. The summed E-state index contributed by atoms with van der Waals surface area (Å²) in [5, 5.41) is 0. The second kappa shape index (κ2) is 9.26. The lowest BCUT2D eigenvalue weighted by Gasteiger charge is -2.48. The minimum absolute atomic E-state index is 0.0194. The molecule has 4 atom stereocenters. The second-order valence-corrected chi connectivity index (χ2v) is 9.64. The van der Waals surface area contributed by atoms with Gasteiger partial charge in [0, 0.05) is 24.3 Å². The van der Waals surface area contributed by atoms with Gasteiger partial charge in [-0.1, -0.05) is 36.4 Å². The van der Waals surface area contributed by atoms with Gasteiger partial charge in [-0.2, -0.15) is 0 Å². The maximum Gasteiger partial charge on any atom is 0.170 e. The highest BCUT2D eigenvalue weighted by molar-refractivity contribution is 5.46. The van der Waals surface area contributed by atoms with Crippen molar-refractivity contribution >= 4 is 0 Å². The molecule has 6 heteroatoms. The number of benzene rings is 2. The van der Waals surface area contributed by atoms with Crippen LogP contribution in [-0.4, -0.2) is 63.9 Å². The predicted octanol–water partition coefficient (Wildman–Crippen LogP) is 4.16. The summed E-state index contributed by atoms with van der Waals surface area (Å²) in [5.74, 6) is 1.06. The SMILES string of the molecule is COc1ccc(C23CCN(C)C2CC2(CC3)OCC(COCc3ccccc3)O2)cc1OC. The summed E-state index contributed by atoms with van der Waals surface area (Å²) >= 11 is 0. The molecule has 2 aromatic carbocycles. The third-order valence-electron chi connectivity index (χ3n) is 7.82. The molecule has 0 bridgehead atoms. The number of fused-ring (bicyclic) bond motifs is 1. The van der Waals surface area contributed by atoms with Crippen LogP contribution in [-0.2, 0) is 26.2 Å². The van der Waals surface area contributed by atoms with Crippen molar-refractivity contribution in [2.45, 2.75) is 55.6 Å². The summed E-state index contributed by atoms with van der Waals surface area (Å²) in [6.45, 7) is 2.81. The predicted molar refractivity (Wildman–Crippen MR) is 126 cm³/mol. The standard InChI is InChI=1S/C27H35NO5/c1-28-14-13-26(21-9-10-23(29-2)24(15-21)30-3)11-12-27(16-25(26)28)32-19-22(33-27)18-31-17-20-7-5-4-6-8-20/h4-10,15,22,25H,11-14,16-19H2,1-3H3. The maximum atomic E-state index is 6.53. The highest BCUT2D eigenvalue weighted by Gasteiger charge is 2.57. The molecular formula is C27H35NO5. The average molecular weight is 454 g/mol. The Labute approximate surface area is 196 Å². The molecule has 5 rings (SSSR count). The number of methoxy groups -OCH3 is 2. The third-order valence-corrected chi connectivity index (χ3v) is 7.82. The van der Waals surface area contributed by atoms with Crippen LogP contribution in [0.15, 0.2) is 48.5 Å². The number of hydrogen-bond donors (Lipinski definition) is 0. The van der Waals surface area contributed by atoms with E-state index in [4.69, 9.17) is 23.7 Å². The van der Waals surface area contributed by atoms with Crippen molar-refractivity contribution in [1.29, 1.82) is 0 Å². The van der Waals surface area contributed by atoms with Gasteiger partial charge in [-0.15, -0.1) is 0 Å². The van der Waals surface area contributed by atoms with E-state index in [9.17, 15) is 0 Å². The molecule has 1 saturated carbocycles. The lowest BCUT2D eigenvalue weighted by Crippen LogP contribution is -2.53. The van der Waals surface area contributed by atoms with Gasteiger partial charge in [-0.3, -0.25) is 0 Å². The minimum atomic E-state index is -0.510. The van der Waals surface area contributed by atoms with Crippen molar-refractivity contribution in [3.05, 3.63) is 59.7 Å². The van der Waals surface area contributed by atoms with Gasteiger partial charge in [0.2, 0.25) is 0 Å². The number of rotatable bonds is 7. The van der Waals surface area contributed by atoms with Crippen LogP contribution in [0.1, 0.15) is 36.8 Å². The first-order valence-corrected chi connectivity index (χ1v) is 11.9. The molecule has 178 valence electrons. The van der Waals surface area contributed by atoms with Crippen LogP contribution in [0.5, 0.6) is 11.5 Å². The summed E-state index contributed by atoms with van der Waals surface area (Å²) in [7, 11) is 5.61. The molecule has 0 amide bonds. The van der Waals surface area contributed by atoms with Gasteiger partial charge >= 0.3 is 0 Å². The van der Waals surface area contributed by atoms with Gasteiger partial charge in [0.15, 0.2) is 17.3 Å². The van der Waals surface area contributed by atoms with Crippen LogP contribution in [0, 0.1) is 0 Å². The molecule has 33 heavy (non-hydrogen) atoms. The van der Waals surface area contributed by atoms with Crippen LogP contribution in [0.25, 0.3) is 0 Å². The number of likely N-dealkylation sites (N-methyl/N-ethyl adjacent to an activating group) is 1. The number of nitrogens with zero attached hydrogens (tertiary/aromatic N) is 1. The van der Waals surface area contributed by atoms with Crippen LogP contribution >= 0.6 is 0 Å². The Hall–Kier alpha value is -2.12. The van der Waals surface area contributed by atoms with Crippen molar-refractivity contribution < 1.29 is 23.7 Å². The van der Waals surface area contributed by atoms with E-state index in [0.29, 0.717) is 25.9 Å². The first-order chi connectivity index (χ1) is 16.1. The van der Waals surface area contributed by atoms with Gasteiger partial charge in [-0.25, -0.2) is 0 Å². The lowest BCUT2D eigenvalue weighted by molar-refractivity contribution is -0.207. The quantitative estimate of drug-likeness (QED) is 0.628. The van der Waals surface area contributed by atoms with Crippen LogP contribution in [0.4, 0.5) is 0 Å². The summed E-state index contributed by atoms with van der Waals surface area (Å²) < 4.78 is 29.9. The summed E-state index contributed by atoms with van der Waals surface area (Å²) in [6, 6.07) is 17.0. The molecule has 2 saturated heterocycles. The number of likely N-dealkylation sites (tertiary alicyclic amines) is 1. The zero-order valence-corrected chi connectivity index (χ0v) is 19.9. The monoisotopic (exact) mass is 453 g/mol. The molecule has 0 N–H and O–H groups in total. The normalized spacial score (nSPS) is 31.6. The van der Waals surface area contributed by atoms with Crippen molar-refractivity contribution in [1.82, 2.24) is 4.90 Å². The van der Waals surface area contributed by atoms with E-state index in [1.54, 1.807) is 14.2 Å². The smallest absolute Gasteiger partial charge is 0.170 e. The largest absolute Gasteiger partial charge is 0.493 e. The Morgan fingerprint density at radius 3 is 2.61 bits per heavy atom. The lowest BCUT2D eigenvalue weighted by atomic mass is 9.64. The zero-order valence-electron chi connectivity index (χ0n) is 19.9. The fraction of sp³-hybridized carbons (Fsp3) is 0.556. The first kappa shape index (κ1) is 22.7. The molecule has 2 heterocycles. The third kappa shape index (κ3) is 4.26. The molecule has 1 aliphatic carbocycles. The van der Waals surface area contributed by atoms with Crippen LogP contribution < -0.4 is 9.47 Å². The second-order valence-electron chi connectivity index (χ2n) is 9.64. The number of ether oxygens (including phenoxy) is 5. The molecule has 6 nitrogen and oxygen atoms in total. The molecule has 2 aromatic rings. The maximum absolute atomic E-state index is 6.53. The molecule has 0 radical (unpaired) electrons. The highest BCUT2D eigenvalue weighted by Crippen LogP contribution is 2.54. The topological polar surface area (TPSA) is 49.4 Å². The highest BCUT2D eigenvalue weighted by atomic mass is 16.8. The van der Waals surface area contributed by atoms with Gasteiger partial charge in [0.05, 0.1) is 34.0 Å². The Balaban J connectivity index is 1.27. The van der Waals surface area contributed by atoms with E-state index in [0.717, 1.165) is 43.7 Å². The Morgan fingerprint density at radius 1 is 1.00 bits per heavy atom. The Bertz CT molecular complexity index is 953. The molecule has 3 fully saturated rings. The Morgan fingerprint density at radius 2 is 1.82 bits per heavy atom. The van der Waals surface area contributed by atoms with Crippen LogP contribution in [0.2, 0.25) is 0 Å². The molecule has 3 aliphatic rings. The fourth-order valence-corrected chi connectivity index (χ4v) is 6.02. The molecule has 0 aromatic heterocycles. The fourth-order valence-electron chi connectivity index (χ4n) is 6.02. The van der Waals surface area contributed by atoms with E-state index >= 15 is 0 Å². The summed E-state index contributed by atoms with van der Waals surface area (Å²) in [6.07, 6.45) is 3.89. The van der Waals surface area contributed by atoms with E-state index in [1.165, 1.54) is 11.1 Å². The summed E-state index contributed by atoms with van der Waals surface area (Å²) in [4.78, 5) is 2.48. The molecule has 1 spiro atoms. The van der Waals surface area contributed by atoms with Gasteiger partial charge in [-0.05, 0) is 49.7 Å². The molecule has 4 unspecified atom stereocenters. The van der Waals surface area contributed by atoms with E-state index in [-0.39, 0.29) is 11.5 Å². The van der Waals surface area contributed by atoms with Crippen molar-refractivity contribution in [3.63, 3.8) is 0 Å². The molecular weight excluding hydrogens is 418 g/mol. The van der Waals surface area contributed by atoms with Crippen LogP contribution in [0.3, 0.4) is 0 Å². The van der Waals surface area contributed by atoms with Gasteiger partial charge in [0.1, 0.15) is 6.10 Å². The van der Waals surface area contributed by atoms with E-state index in [1.807, 2.05) is 24.3 Å². The van der Waals surface area contributed by atoms with Gasteiger partial charge < -0.3 is 28.6 Å². The molecule has 2 aliphatic heterocycles. The van der Waals surface area contributed by atoms with E-state index in [2.05, 4.69) is 36.2 Å². The Kier molecular flexibility index (Phi) is 6.36. The first-order valence-electron chi connectivity index (χ1n) is 11.9. The summed E-state index contributed by atoms with van der Waals surface area (Å²) in [5.41, 5.74) is 2.58. The van der Waals surface area contributed by atoms with Crippen molar-refractivity contribution in [2.24, 2.45) is 0 Å². The van der Waals surface area contributed by atoms with E-state index < -0.39 is 5.79 Å². The minimum Gasteiger partial charge on any atom is -0.493 e. The number of hydrogen-bond acceptors (Lipinski definition) is 6. The van der Waals surface area contributed by atoms with Gasteiger partial charge in [0.25, 0.3) is 0 Å².